The van der Waals surface area contributed by atoms with E-state index in [1.165, 1.54) is 6.08 Å². The summed E-state index contributed by atoms with van der Waals surface area (Å²) in [5.41, 5.74) is 2.21. The monoisotopic (exact) mass is 355 g/mol. The second-order valence-corrected chi connectivity index (χ2v) is 6.48. The number of rotatable bonds is 4. The number of likely N-dealkylation sites (tertiary alicyclic amines) is 1. The van der Waals surface area contributed by atoms with Crippen LogP contribution < -0.4 is 0 Å². The van der Waals surface area contributed by atoms with Gasteiger partial charge in [0.25, 0.3) is 5.91 Å². The lowest BCUT2D eigenvalue weighted by Gasteiger charge is -2.18. The van der Waals surface area contributed by atoms with Gasteiger partial charge in [0, 0.05) is 35.7 Å². The summed E-state index contributed by atoms with van der Waals surface area (Å²) < 4.78 is 0. The number of aliphatic carboxylic acids is 1. The zero-order valence-corrected chi connectivity index (χ0v) is 14.3. The summed E-state index contributed by atoms with van der Waals surface area (Å²) in [6, 6.07) is 16.3. The van der Waals surface area contributed by atoms with Gasteiger partial charge in [-0.25, -0.2) is 4.79 Å². The molecule has 0 aromatic heterocycles. The van der Waals surface area contributed by atoms with Crippen LogP contribution in [0.3, 0.4) is 0 Å². The predicted octanol–water partition coefficient (Wildman–Crippen LogP) is 3.97. The van der Waals surface area contributed by atoms with Crippen molar-refractivity contribution in [3.05, 3.63) is 76.8 Å². The summed E-state index contributed by atoms with van der Waals surface area (Å²) >= 11 is 5.93. The fraction of sp³-hybridized carbons (Fsp3) is 0.200. The molecule has 0 saturated carbocycles. The van der Waals surface area contributed by atoms with Gasteiger partial charge in [-0.2, -0.15) is 0 Å². The SMILES string of the molecule is O=C(O)C=C(c1ccc(Cl)cc1)C1CCN(C(=O)c2ccccc2)C1. The van der Waals surface area contributed by atoms with Gasteiger partial charge >= 0.3 is 5.97 Å². The van der Waals surface area contributed by atoms with Gasteiger partial charge in [-0.3, -0.25) is 4.79 Å². The van der Waals surface area contributed by atoms with Gasteiger partial charge in [0.2, 0.25) is 0 Å². The third-order valence-corrected chi connectivity index (χ3v) is 4.64. The van der Waals surface area contributed by atoms with Gasteiger partial charge in [-0.15, -0.1) is 0 Å². The van der Waals surface area contributed by atoms with Gasteiger partial charge in [0.05, 0.1) is 0 Å². The number of hydrogen-bond donors (Lipinski definition) is 1. The molecule has 3 rings (SSSR count). The fourth-order valence-electron chi connectivity index (χ4n) is 3.17. The summed E-state index contributed by atoms with van der Waals surface area (Å²) in [7, 11) is 0. The summed E-state index contributed by atoms with van der Waals surface area (Å²) in [5, 5.41) is 9.83. The van der Waals surface area contributed by atoms with E-state index in [0.29, 0.717) is 23.7 Å². The number of carboxylic acids is 1. The normalized spacial score (nSPS) is 17.6. The maximum Gasteiger partial charge on any atom is 0.328 e. The van der Waals surface area contributed by atoms with Crippen molar-refractivity contribution < 1.29 is 14.7 Å². The van der Waals surface area contributed by atoms with E-state index in [4.69, 9.17) is 11.6 Å². The molecule has 0 radical (unpaired) electrons. The average molecular weight is 356 g/mol. The Morgan fingerprint density at radius 1 is 1.04 bits per heavy atom. The molecule has 1 atom stereocenters. The molecule has 1 heterocycles. The zero-order chi connectivity index (χ0) is 17.8. The smallest absolute Gasteiger partial charge is 0.328 e. The standard InChI is InChI=1S/C20H18ClNO3/c21-17-8-6-14(7-9-17)18(12-19(23)24)16-10-11-22(13-16)20(25)15-4-2-1-3-5-15/h1-9,12,16H,10-11,13H2,(H,23,24). The van der Waals surface area contributed by atoms with Gasteiger partial charge in [-0.1, -0.05) is 41.9 Å². The highest BCUT2D eigenvalue weighted by Crippen LogP contribution is 2.32. The highest BCUT2D eigenvalue weighted by atomic mass is 35.5. The van der Waals surface area contributed by atoms with Gasteiger partial charge in [-0.05, 0) is 41.8 Å². The topological polar surface area (TPSA) is 57.6 Å². The first-order valence-corrected chi connectivity index (χ1v) is 8.47. The van der Waals surface area contributed by atoms with Crippen molar-refractivity contribution in [3.8, 4) is 0 Å². The van der Waals surface area contributed by atoms with E-state index in [-0.39, 0.29) is 11.8 Å². The Morgan fingerprint density at radius 2 is 1.72 bits per heavy atom. The van der Waals surface area contributed by atoms with Gasteiger partial charge < -0.3 is 10.0 Å². The van der Waals surface area contributed by atoms with E-state index < -0.39 is 5.97 Å². The third-order valence-electron chi connectivity index (χ3n) is 4.39. The first kappa shape index (κ1) is 17.2. The van der Waals surface area contributed by atoms with Crippen LogP contribution >= 0.6 is 11.6 Å². The number of carbonyl (C=O) groups excluding carboxylic acids is 1. The molecule has 1 aliphatic rings. The maximum atomic E-state index is 12.6. The molecular formula is C20H18ClNO3. The maximum absolute atomic E-state index is 12.6. The van der Waals surface area contributed by atoms with Crippen LogP contribution in [-0.4, -0.2) is 35.0 Å². The minimum Gasteiger partial charge on any atom is -0.478 e. The lowest BCUT2D eigenvalue weighted by atomic mass is 9.91. The Labute approximate surface area is 151 Å². The van der Waals surface area contributed by atoms with Crippen LogP contribution in [-0.2, 0) is 4.79 Å². The fourth-order valence-corrected chi connectivity index (χ4v) is 3.30. The first-order chi connectivity index (χ1) is 12.0. The molecule has 1 amide bonds. The number of nitrogens with zero attached hydrogens (tertiary/aromatic N) is 1. The molecule has 2 aromatic rings. The quantitative estimate of drug-likeness (QED) is 0.844. The summed E-state index contributed by atoms with van der Waals surface area (Å²) in [6.07, 6.45) is 1.98. The molecule has 0 aliphatic carbocycles. The van der Waals surface area contributed by atoms with E-state index in [0.717, 1.165) is 17.6 Å². The van der Waals surface area contributed by atoms with Crippen LogP contribution in [0.1, 0.15) is 22.3 Å². The molecule has 128 valence electrons. The number of amides is 1. The largest absolute Gasteiger partial charge is 0.478 e. The lowest BCUT2D eigenvalue weighted by Crippen LogP contribution is -2.28. The van der Waals surface area contributed by atoms with Crippen LogP contribution in [0, 0.1) is 5.92 Å². The number of carbonyl (C=O) groups is 2. The minimum absolute atomic E-state index is 0.00932. The number of hydrogen-bond acceptors (Lipinski definition) is 2. The van der Waals surface area contributed by atoms with Crippen LogP contribution in [0.2, 0.25) is 5.02 Å². The van der Waals surface area contributed by atoms with Crippen LogP contribution in [0.15, 0.2) is 60.7 Å². The molecule has 25 heavy (non-hydrogen) atoms. The molecule has 4 nitrogen and oxygen atoms in total. The number of halogens is 1. The van der Waals surface area contributed by atoms with Crippen molar-refractivity contribution in [2.24, 2.45) is 5.92 Å². The Balaban J connectivity index is 1.81. The molecular weight excluding hydrogens is 338 g/mol. The Hall–Kier alpha value is -2.59. The van der Waals surface area contributed by atoms with Crippen LogP contribution in [0.4, 0.5) is 0 Å². The molecule has 2 aromatic carbocycles. The summed E-state index contributed by atoms with van der Waals surface area (Å²) in [4.78, 5) is 25.6. The van der Waals surface area contributed by atoms with Crippen molar-refractivity contribution in [3.63, 3.8) is 0 Å². The van der Waals surface area contributed by atoms with E-state index >= 15 is 0 Å². The van der Waals surface area contributed by atoms with E-state index in [9.17, 15) is 14.7 Å². The molecule has 1 N–H and O–H groups in total. The Kier molecular flexibility index (Phi) is 5.19. The predicted molar refractivity (Wildman–Crippen MR) is 97.5 cm³/mol. The second kappa shape index (κ2) is 7.53. The zero-order valence-electron chi connectivity index (χ0n) is 13.6. The summed E-state index contributed by atoms with van der Waals surface area (Å²) in [6.45, 7) is 1.12. The van der Waals surface area contributed by atoms with Gasteiger partial charge in [0.15, 0.2) is 0 Å². The first-order valence-electron chi connectivity index (χ1n) is 8.09. The van der Waals surface area contributed by atoms with Crippen molar-refractivity contribution in [1.82, 2.24) is 4.90 Å². The number of benzene rings is 2. The lowest BCUT2D eigenvalue weighted by molar-refractivity contribution is -0.131. The number of carboxylic acid groups (broad SMARTS) is 1. The average Bonchev–Trinajstić information content (AvgIpc) is 3.10. The van der Waals surface area contributed by atoms with Crippen LogP contribution in [0.5, 0.6) is 0 Å². The van der Waals surface area contributed by atoms with Crippen molar-refractivity contribution >= 4 is 29.1 Å². The molecule has 0 bridgehead atoms. The van der Waals surface area contributed by atoms with Crippen LogP contribution in [0.25, 0.3) is 5.57 Å². The van der Waals surface area contributed by atoms with E-state index in [1.807, 2.05) is 30.3 Å². The highest BCUT2D eigenvalue weighted by molar-refractivity contribution is 6.30. The molecule has 1 aliphatic heterocycles. The third kappa shape index (κ3) is 4.09. The van der Waals surface area contributed by atoms with E-state index in [2.05, 4.69) is 0 Å². The minimum atomic E-state index is -0.988. The summed E-state index contributed by atoms with van der Waals surface area (Å²) in [5.74, 6) is -1.02. The highest BCUT2D eigenvalue weighted by Gasteiger charge is 2.30. The van der Waals surface area contributed by atoms with E-state index in [1.54, 1.807) is 29.2 Å². The van der Waals surface area contributed by atoms with Gasteiger partial charge in [0.1, 0.15) is 0 Å². The molecule has 1 fully saturated rings. The van der Waals surface area contributed by atoms with Crippen molar-refractivity contribution in [1.29, 1.82) is 0 Å². The molecule has 1 saturated heterocycles. The molecule has 0 spiro atoms. The van der Waals surface area contributed by atoms with Crippen molar-refractivity contribution in [2.45, 2.75) is 6.42 Å². The molecule has 5 heteroatoms. The second-order valence-electron chi connectivity index (χ2n) is 6.05. The molecule has 1 unspecified atom stereocenters. The van der Waals surface area contributed by atoms with Crippen molar-refractivity contribution in [2.75, 3.05) is 13.1 Å². The Morgan fingerprint density at radius 3 is 2.36 bits per heavy atom. The Bertz CT molecular complexity index is 799.